The fraction of sp³-hybridized carbons (Fsp3) is 0.400. The van der Waals surface area contributed by atoms with Crippen LogP contribution in [0, 0.1) is 11.3 Å². The van der Waals surface area contributed by atoms with Crippen molar-refractivity contribution in [1.82, 2.24) is 5.32 Å². The van der Waals surface area contributed by atoms with Crippen LogP contribution in [-0.2, 0) is 9.63 Å². The maximum Gasteiger partial charge on any atom is 0.281 e. The number of oxime groups is 1. The van der Waals surface area contributed by atoms with Crippen LogP contribution in [0.1, 0.15) is 0 Å². The first-order valence-electron chi connectivity index (χ1n) is 2.76. The minimum Gasteiger partial charge on any atom is -0.379 e. The predicted octanol–water partition coefficient (Wildman–Crippen LogP) is -1.46. The molecule has 11 heavy (non-hydrogen) atoms. The van der Waals surface area contributed by atoms with E-state index in [1.54, 1.807) is 7.05 Å². The van der Waals surface area contributed by atoms with E-state index in [-0.39, 0.29) is 6.73 Å². The fourth-order valence-corrected chi connectivity index (χ4v) is 0.282. The summed E-state index contributed by atoms with van der Waals surface area (Å²) in [5.74, 6) is -0.899. The third-order valence-electron chi connectivity index (χ3n) is 0.704. The zero-order valence-electron chi connectivity index (χ0n) is 6.00. The monoisotopic (exact) mass is 156 g/mol. The smallest absolute Gasteiger partial charge is 0.281 e. The lowest BCUT2D eigenvalue weighted by Crippen LogP contribution is -2.22. The summed E-state index contributed by atoms with van der Waals surface area (Å²) in [4.78, 5) is 14.7. The van der Waals surface area contributed by atoms with Crippen LogP contribution >= 0.6 is 0 Å². The minimum absolute atomic E-state index is 0.123. The second kappa shape index (κ2) is 5.20. The van der Waals surface area contributed by atoms with Gasteiger partial charge in [-0.2, -0.15) is 5.26 Å². The van der Waals surface area contributed by atoms with Crippen LogP contribution in [0.15, 0.2) is 5.16 Å². The molecule has 0 aliphatic carbocycles. The van der Waals surface area contributed by atoms with Gasteiger partial charge in [-0.3, -0.25) is 10.1 Å². The van der Waals surface area contributed by atoms with Crippen molar-refractivity contribution < 1.29 is 9.63 Å². The average molecular weight is 156 g/mol. The van der Waals surface area contributed by atoms with Gasteiger partial charge in [0.15, 0.2) is 6.73 Å². The van der Waals surface area contributed by atoms with Crippen LogP contribution in [0.5, 0.6) is 0 Å². The largest absolute Gasteiger partial charge is 0.379 e. The normalized spacial score (nSPS) is 10.4. The fourth-order valence-electron chi connectivity index (χ4n) is 0.282. The zero-order chi connectivity index (χ0) is 8.69. The van der Waals surface area contributed by atoms with Gasteiger partial charge in [0.25, 0.3) is 5.91 Å². The molecule has 0 atom stereocenters. The highest BCUT2D eigenvalue weighted by Crippen LogP contribution is 1.77. The molecule has 0 fully saturated rings. The quantitative estimate of drug-likeness (QED) is 0.225. The molecule has 0 aliphatic rings. The molecule has 3 N–H and O–H groups in total. The number of amides is 1. The van der Waals surface area contributed by atoms with Crippen molar-refractivity contribution in [3.8, 4) is 6.07 Å². The van der Waals surface area contributed by atoms with E-state index in [1.807, 2.05) is 0 Å². The van der Waals surface area contributed by atoms with Gasteiger partial charge in [-0.25, -0.2) is 0 Å². The molecule has 0 aromatic carbocycles. The summed E-state index contributed by atoms with van der Waals surface area (Å²) in [5.41, 5.74) is 4.29. The molecule has 0 rings (SSSR count). The highest BCUT2D eigenvalue weighted by atomic mass is 16.6. The molecular weight excluding hydrogens is 148 g/mol. The molecule has 0 radical (unpaired) electrons. The molecular formula is C5H8N4O2. The first-order valence-corrected chi connectivity index (χ1v) is 2.76. The van der Waals surface area contributed by atoms with Gasteiger partial charge in [-0.15, -0.1) is 0 Å². The number of hydrogen-bond donors (Lipinski definition) is 2. The number of carbonyl (C=O) groups is 1. The van der Waals surface area contributed by atoms with Crippen molar-refractivity contribution in [3.63, 3.8) is 0 Å². The lowest BCUT2D eigenvalue weighted by atomic mass is 10.4. The summed E-state index contributed by atoms with van der Waals surface area (Å²) in [5, 5.41) is 14.0. The number of nitrogens with one attached hydrogen (secondary N) is 1. The van der Waals surface area contributed by atoms with Crippen molar-refractivity contribution >= 4 is 11.6 Å². The molecule has 0 saturated carbocycles. The number of nitrogens with zero attached hydrogens (tertiary/aromatic N) is 2. The van der Waals surface area contributed by atoms with E-state index in [0.717, 1.165) is 0 Å². The van der Waals surface area contributed by atoms with Gasteiger partial charge >= 0.3 is 0 Å². The number of primary amides is 1. The Kier molecular flexibility index (Phi) is 4.44. The van der Waals surface area contributed by atoms with Crippen LogP contribution in [-0.4, -0.2) is 25.4 Å². The first kappa shape index (κ1) is 9.39. The Labute approximate surface area is 63.6 Å². The molecule has 0 spiro atoms. The Balaban J connectivity index is 3.95. The van der Waals surface area contributed by atoms with Gasteiger partial charge in [-0.1, -0.05) is 5.16 Å². The second-order valence-electron chi connectivity index (χ2n) is 1.54. The van der Waals surface area contributed by atoms with Gasteiger partial charge in [0.05, 0.1) is 0 Å². The van der Waals surface area contributed by atoms with Gasteiger partial charge < -0.3 is 10.6 Å². The molecule has 0 heterocycles. The Bertz CT molecular complexity index is 205. The van der Waals surface area contributed by atoms with Crippen LogP contribution in [0.3, 0.4) is 0 Å². The molecule has 0 aromatic rings. The van der Waals surface area contributed by atoms with Gasteiger partial charge in [0.1, 0.15) is 6.07 Å². The number of rotatable bonds is 4. The minimum atomic E-state index is -0.899. The molecule has 0 aromatic heterocycles. The molecule has 0 bridgehead atoms. The Morgan fingerprint density at radius 2 is 2.55 bits per heavy atom. The molecule has 0 saturated heterocycles. The van der Waals surface area contributed by atoms with E-state index in [2.05, 4.69) is 15.3 Å². The zero-order valence-corrected chi connectivity index (χ0v) is 6.00. The van der Waals surface area contributed by atoms with Gasteiger partial charge in [0, 0.05) is 0 Å². The topological polar surface area (TPSA) is 100 Å². The molecule has 0 unspecified atom stereocenters. The van der Waals surface area contributed by atoms with E-state index in [0.29, 0.717) is 0 Å². The molecule has 60 valence electrons. The van der Waals surface area contributed by atoms with Crippen molar-refractivity contribution in [3.05, 3.63) is 0 Å². The van der Waals surface area contributed by atoms with Crippen LogP contribution in [0.2, 0.25) is 0 Å². The summed E-state index contributed by atoms with van der Waals surface area (Å²) in [6.07, 6.45) is 0. The average Bonchev–Trinajstić information content (AvgIpc) is 1.97. The molecule has 6 nitrogen and oxygen atoms in total. The van der Waals surface area contributed by atoms with E-state index in [1.165, 1.54) is 6.07 Å². The highest BCUT2D eigenvalue weighted by Gasteiger charge is 2.04. The van der Waals surface area contributed by atoms with E-state index in [4.69, 9.17) is 11.0 Å². The predicted molar refractivity (Wildman–Crippen MR) is 37.3 cm³/mol. The summed E-state index contributed by atoms with van der Waals surface area (Å²) < 4.78 is 0. The number of nitrogens with two attached hydrogens (primary N) is 1. The summed E-state index contributed by atoms with van der Waals surface area (Å²) in [6, 6.07) is 1.48. The maximum atomic E-state index is 10.3. The number of nitriles is 1. The number of carbonyl (C=O) groups excluding carboxylic acids is 1. The summed E-state index contributed by atoms with van der Waals surface area (Å²) >= 11 is 0. The molecule has 6 heteroatoms. The molecule has 1 amide bonds. The van der Waals surface area contributed by atoms with Crippen LogP contribution in [0.25, 0.3) is 0 Å². The SMILES string of the molecule is CNCO/N=C(\C#N)C(N)=O. The van der Waals surface area contributed by atoms with E-state index < -0.39 is 11.6 Å². The van der Waals surface area contributed by atoms with Crippen molar-refractivity contribution in [2.24, 2.45) is 10.9 Å². The third-order valence-corrected chi connectivity index (χ3v) is 0.704. The van der Waals surface area contributed by atoms with E-state index in [9.17, 15) is 4.79 Å². The van der Waals surface area contributed by atoms with Crippen molar-refractivity contribution in [2.75, 3.05) is 13.8 Å². The number of hydrogen-bond acceptors (Lipinski definition) is 5. The standard InChI is InChI=1S/C5H8N4O2/c1-8-3-11-9-4(2-6)5(7)10/h8H,3H2,1H3,(H2,7,10)/b9-4+. The molecule has 0 aliphatic heterocycles. The third kappa shape index (κ3) is 3.89. The van der Waals surface area contributed by atoms with Gasteiger partial charge in [0.2, 0.25) is 5.71 Å². The second-order valence-corrected chi connectivity index (χ2v) is 1.54. The van der Waals surface area contributed by atoms with Crippen LogP contribution in [0.4, 0.5) is 0 Å². The Hall–Kier alpha value is -1.61. The lowest BCUT2D eigenvalue weighted by molar-refractivity contribution is -0.112. The van der Waals surface area contributed by atoms with Crippen molar-refractivity contribution in [2.45, 2.75) is 0 Å². The summed E-state index contributed by atoms with van der Waals surface area (Å²) in [6.45, 7) is 0.123. The lowest BCUT2D eigenvalue weighted by Gasteiger charge is -1.95. The maximum absolute atomic E-state index is 10.3. The Morgan fingerprint density at radius 1 is 1.91 bits per heavy atom. The van der Waals surface area contributed by atoms with Crippen LogP contribution < -0.4 is 11.1 Å². The Morgan fingerprint density at radius 3 is 2.91 bits per heavy atom. The summed E-state index contributed by atoms with van der Waals surface area (Å²) in [7, 11) is 1.63. The first-order chi connectivity index (χ1) is 5.22. The van der Waals surface area contributed by atoms with E-state index >= 15 is 0 Å². The van der Waals surface area contributed by atoms with Gasteiger partial charge in [-0.05, 0) is 7.05 Å². The highest BCUT2D eigenvalue weighted by molar-refractivity contribution is 6.44. The van der Waals surface area contributed by atoms with Crippen molar-refractivity contribution in [1.29, 1.82) is 5.26 Å².